The van der Waals surface area contributed by atoms with Crippen LogP contribution in [0.5, 0.6) is 0 Å². The molecule has 0 aliphatic carbocycles. The van der Waals surface area contributed by atoms with E-state index in [0.717, 1.165) is 32.4 Å². The summed E-state index contributed by atoms with van der Waals surface area (Å²) < 4.78 is 0. The average molecular weight is 383 g/mol. The molecule has 0 unspecified atom stereocenters. The number of rotatable bonds is 22. The van der Waals surface area contributed by atoms with Gasteiger partial charge in [0, 0.05) is 13.0 Å². The first-order chi connectivity index (χ1) is 13.3. The fourth-order valence-corrected chi connectivity index (χ4v) is 3.60. The normalized spacial score (nSPS) is 11.0. The zero-order chi connectivity index (χ0) is 19.8. The summed E-state index contributed by atoms with van der Waals surface area (Å²) in [7, 11) is 0. The molecule has 0 aromatic rings. The summed E-state index contributed by atoms with van der Waals surface area (Å²) in [6.07, 6.45) is 25.6. The molecule has 0 saturated heterocycles. The van der Waals surface area contributed by atoms with Gasteiger partial charge >= 0.3 is 0 Å². The molecule has 3 heteroatoms. The zero-order valence-electron chi connectivity index (χ0n) is 18.5. The van der Waals surface area contributed by atoms with Crippen molar-refractivity contribution in [3.63, 3.8) is 0 Å². The van der Waals surface area contributed by atoms with Gasteiger partial charge in [0.2, 0.25) is 5.91 Å². The van der Waals surface area contributed by atoms with Gasteiger partial charge in [-0.2, -0.15) is 0 Å². The number of carbonyl (C=O) groups is 1. The smallest absolute Gasteiger partial charge is 0.219 e. The Morgan fingerprint density at radius 3 is 1.48 bits per heavy atom. The summed E-state index contributed by atoms with van der Waals surface area (Å²) in [5.74, 6) is 0.251. The molecule has 0 bridgehead atoms. The summed E-state index contributed by atoms with van der Waals surface area (Å²) in [4.78, 5) is 11.8. The fraction of sp³-hybridized carbons (Fsp3) is 0.958. The van der Waals surface area contributed by atoms with E-state index in [2.05, 4.69) is 12.2 Å². The van der Waals surface area contributed by atoms with E-state index in [-0.39, 0.29) is 5.91 Å². The van der Waals surface area contributed by atoms with Gasteiger partial charge in [-0.25, -0.2) is 0 Å². The topological polar surface area (TPSA) is 55.1 Å². The minimum atomic E-state index is 0.251. The molecule has 0 aromatic carbocycles. The lowest BCUT2D eigenvalue weighted by Gasteiger charge is -2.06. The summed E-state index contributed by atoms with van der Waals surface area (Å²) in [6.45, 7) is 3.95. The molecule has 1 amide bonds. The van der Waals surface area contributed by atoms with Gasteiger partial charge < -0.3 is 11.1 Å². The Labute approximate surface area is 170 Å². The predicted molar refractivity (Wildman–Crippen MR) is 120 cm³/mol. The summed E-state index contributed by atoms with van der Waals surface area (Å²) >= 11 is 0. The number of carbonyl (C=O) groups excluding carboxylic acids is 1. The Balaban J connectivity index is 3.12. The van der Waals surface area contributed by atoms with Gasteiger partial charge in [0.25, 0.3) is 0 Å². The van der Waals surface area contributed by atoms with Crippen molar-refractivity contribution in [3.05, 3.63) is 0 Å². The van der Waals surface area contributed by atoms with Gasteiger partial charge in [0.1, 0.15) is 0 Å². The van der Waals surface area contributed by atoms with Crippen molar-refractivity contribution in [2.45, 2.75) is 135 Å². The molecule has 0 radical (unpaired) electrons. The van der Waals surface area contributed by atoms with Crippen molar-refractivity contribution in [1.29, 1.82) is 0 Å². The Bertz CT molecular complexity index is 294. The lowest BCUT2D eigenvalue weighted by molar-refractivity contribution is -0.121. The van der Waals surface area contributed by atoms with Crippen molar-refractivity contribution in [3.8, 4) is 0 Å². The lowest BCUT2D eigenvalue weighted by atomic mass is 10.0. The Morgan fingerprint density at radius 2 is 1.00 bits per heavy atom. The number of unbranched alkanes of at least 4 members (excludes halogenated alkanes) is 17. The summed E-state index contributed by atoms with van der Waals surface area (Å²) in [5.41, 5.74) is 5.49. The third-order valence-electron chi connectivity index (χ3n) is 5.46. The van der Waals surface area contributed by atoms with Gasteiger partial charge in [-0.05, 0) is 25.8 Å². The zero-order valence-corrected chi connectivity index (χ0v) is 18.5. The molecule has 0 aliphatic rings. The largest absolute Gasteiger partial charge is 0.356 e. The minimum Gasteiger partial charge on any atom is -0.356 e. The Hall–Kier alpha value is -0.570. The van der Waals surface area contributed by atoms with Gasteiger partial charge in [-0.3, -0.25) is 4.79 Å². The van der Waals surface area contributed by atoms with Crippen LogP contribution < -0.4 is 11.1 Å². The highest BCUT2D eigenvalue weighted by molar-refractivity contribution is 5.75. The Kier molecular flexibility index (Phi) is 23.0. The highest BCUT2D eigenvalue weighted by Gasteiger charge is 2.00. The number of nitrogens with one attached hydrogen (secondary N) is 1. The predicted octanol–water partition coefficient (Wildman–Crippen LogP) is 6.88. The molecule has 0 saturated carbocycles. The van der Waals surface area contributed by atoms with Gasteiger partial charge in [0.15, 0.2) is 0 Å². The van der Waals surface area contributed by atoms with Crippen molar-refractivity contribution in [2.24, 2.45) is 5.73 Å². The van der Waals surface area contributed by atoms with Crippen LogP contribution in [-0.4, -0.2) is 19.0 Å². The standard InChI is InChI=1S/C24H50N2O/c1-2-3-4-5-6-7-8-9-10-11-12-15-18-21-24(27)26-23-20-17-14-13-16-19-22-25/h2-23,25H2,1H3,(H,26,27). The van der Waals surface area contributed by atoms with Crippen LogP contribution in [0, 0.1) is 0 Å². The second kappa shape index (κ2) is 23.5. The van der Waals surface area contributed by atoms with E-state index in [4.69, 9.17) is 5.73 Å². The van der Waals surface area contributed by atoms with Gasteiger partial charge in [-0.15, -0.1) is 0 Å². The van der Waals surface area contributed by atoms with E-state index in [1.165, 1.54) is 103 Å². The molecular formula is C24H50N2O. The third-order valence-corrected chi connectivity index (χ3v) is 5.46. The number of nitrogens with two attached hydrogens (primary N) is 1. The first kappa shape index (κ1) is 26.4. The van der Waals surface area contributed by atoms with Crippen LogP contribution in [0.4, 0.5) is 0 Å². The van der Waals surface area contributed by atoms with Crippen LogP contribution in [0.3, 0.4) is 0 Å². The molecule has 0 aliphatic heterocycles. The van der Waals surface area contributed by atoms with Crippen LogP contribution in [0.1, 0.15) is 135 Å². The molecule has 0 rings (SSSR count). The van der Waals surface area contributed by atoms with E-state index in [0.29, 0.717) is 6.42 Å². The highest BCUT2D eigenvalue weighted by atomic mass is 16.1. The van der Waals surface area contributed by atoms with Crippen molar-refractivity contribution in [2.75, 3.05) is 13.1 Å². The van der Waals surface area contributed by atoms with Crippen LogP contribution in [-0.2, 0) is 4.79 Å². The third kappa shape index (κ3) is 23.4. The van der Waals surface area contributed by atoms with Crippen molar-refractivity contribution >= 4 is 5.91 Å². The second-order valence-corrected chi connectivity index (χ2v) is 8.25. The molecule has 0 atom stereocenters. The maximum Gasteiger partial charge on any atom is 0.219 e. The molecular weight excluding hydrogens is 332 g/mol. The van der Waals surface area contributed by atoms with Crippen LogP contribution in [0.25, 0.3) is 0 Å². The molecule has 3 nitrogen and oxygen atoms in total. The van der Waals surface area contributed by atoms with Crippen molar-refractivity contribution < 1.29 is 4.79 Å². The summed E-state index contributed by atoms with van der Waals surface area (Å²) in [5, 5.41) is 3.07. The lowest BCUT2D eigenvalue weighted by Crippen LogP contribution is -2.23. The minimum absolute atomic E-state index is 0.251. The van der Waals surface area contributed by atoms with Crippen LogP contribution in [0.2, 0.25) is 0 Å². The maximum atomic E-state index is 11.8. The molecule has 0 spiro atoms. The SMILES string of the molecule is CCCCCCCCCCCCCCCC(=O)NCCCCCCCCN. The first-order valence-corrected chi connectivity index (χ1v) is 12.3. The van der Waals surface area contributed by atoms with E-state index in [1.807, 2.05) is 0 Å². The second-order valence-electron chi connectivity index (χ2n) is 8.25. The van der Waals surface area contributed by atoms with Crippen LogP contribution in [0.15, 0.2) is 0 Å². The number of amides is 1. The quantitative estimate of drug-likeness (QED) is 0.200. The highest BCUT2D eigenvalue weighted by Crippen LogP contribution is 2.13. The molecule has 3 N–H and O–H groups in total. The number of hydrogen-bond acceptors (Lipinski definition) is 2. The Morgan fingerprint density at radius 1 is 0.593 bits per heavy atom. The van der Waals surface area contributed by atoms with E-state index >= 15 is 0 Å². The van der Waals surface area contributed by atoms with Crippen LogP contribution >= 0.6 is 0 Å². The first-order valence-electron chi connectivity index (χ1n) is 12.3. The number of hydrogen-bond donors (Lipinski definition) is 2. The average Bonchev–Trinajstić information content (AvgIpc) is 2.67. The molecule has 0 heterocycles. The monoisotopic (exact) mass is 382 g/mol. The van der Waals surface area contributed by atoms with E-state index in [1.54, 1.807) is 0 Å². The van der Waals surface area contributed by atoms with Gasteiger partial charge in [0.05, 0.1) is 0 Å². The van der Waals surface area contributed by atoms with E-state index < -0.39 is 0 Å². The molecule has 162 valence electrons. The maximum absolute atomic E-state index is 11.8. The molecule has 0 fully saturated rings. The molecule has 27 heavy (non-hydrogen) atoms. The fourth-order valence-electron chi connectivity index (χ4n) is 3.60. The van der Waals surface area contributed by atoms with Gasteiger partial charge in [-0.1, -0.05) is 110 Å². The van der Waals surface area contributed by atoms with E-state index in [9.17, 15) is 4.79 Å². The molecule has 0 aromatic heterocycles. The van der Waals surface area contributed by atoms with Crippen molar-refractivity contribution in [1.82, 2.24) is 5.32 Å². The summed E-state index contributed by atoms with van der Waals surface area (Å²) in [6, 6.07) is 0.